The van der Waals surface area contributed by atoms with Crippen molar-refractivity contribution in [2.45, 2.75) is 38.4 Å². The molecule has 0 saturated heterocycles. The van der Waals surface area contributed by atoms with Gasteiger partial charge in [-0.15, -0.1) is 0 Å². The van der Waals surface area contributed by atoms with Crippen molar-refractivity contribution >= 4 is 11.8 Å². The van der Waals surface area contributed by atoms with Crippen molar-refractivity contribution in [1.82, 2.24) is 0 Å². The molecule has 0 aromatic heterocycles. The van der Waals surface area contributed by atoms with Gasteiger partial charge in [0.05, 0.1) is 0 Å². The molecule has 0 aliphatic rings. The molecule has 0 aliphatic heterocycles. The summed E-state index contributed by atoms with van der Waals surface area (Å²) in [4.78, 5) is 0. The van der Waals surface area contributed by atoms with E-state index >= 15 is 0 Å². The minimum absolute atomic E-state index is 0.761. The fourth-order valence-corrected chi connectivity index (χ4v) is 1.54. The summed E-state index contributed by atoms with van der Waals surface area (Å²) in [5, 5.41) is 0.761. The summed E-state index contributed by atoms with van der Waals surface area (Å²) in [5.41, 5.74) is 0. The lowest BCUT2D eigenvalue weighted by atomic mass is 10.4. The summed E-state index contributed by atoms with van der Waals surface area (Å²) in [6.07, 6.45) is 3.74. The first-order chi connectivity index (χ1) is 4.31. The van der Waals surface area contributed by atoms with E-state index in [9.17, 15) is 0 Å². The van der Waals surface area contributed by atoms with Gasteiger partial charge in [0.25, 0.3) is 0 Å². The van der Waals surface area contributed by atoms with E-state index in [1.54, 1.807) is 0 Å². The van der Waals surface area contributed by atoms with Gasteiger partial charge in [0.15, 0.2) is 0 Å². The Labute approximate surface area is 63.4 Å². The Bertz CT molecular complexity index is 52.5. The minimum Gasteiger partial charge on any atom is -0.159 e. The van der Waals surface area contributed by atoms with Gasteiger partial charge < -0.3 is 0 Å². The summed E-state index contributed by atoms with van der Waals surface area (Å²) in [5.74, 6) is 1.31. The van der Waals surface area contributed by atoms with E-state index < -0.39 is 0 Å². The standard InChI is InChI=1S/C8H17S/c1-4-6-7-9-8(3)5-2/h8H,2,4-7H2,1,3H3. The van der Waals surface area contributed by atoms with Crippen molar-refractivity contribution < 1.29 is 0 Å². The molecule has 9 heavy (non-hydrogen) atoms. The minimum atomic E-state index is 0.761. The second kappa shape index (κ2) is 6.47. The topological polar surface area (TPSA) is 0 Å². The molecule has 0 aromatic carbocycles. The van der Waals surface area contributed by atoms with Crippen molar-refractivity contribution in [3.63, 3.8) is 0 Å². The smallest absolute Gasteiger partial charge is 0.00187 e. The van der Waals surface area contributed by atoms with Crippen molar-refractivity contribution in [3.8, 4) is 0 Å². The molecule has 1 unspecified atom stereocenters. The van der Waals surface area contributed by atoms with Gasteiger partial charge in [0.1, 0.15) is 0 Å². The molecular weight excluding hydrogens is 128 g/mol. The van der Waals surface area contributed by atoms with Crippen molar-refractivity contribution in [2.75, 3.05) is 5.75 Å². The van der Waals surface area contributed by atoms with Gasteiger partial charge in [-0.05, 0) is 18.6 Å². The van der Waals surface area contributed by atoms with Crippen LogP contribution in [0, 0.1) is 6.92 Å². The molecule has 0 saturated carbocycles. The van der Waals surface area contributed by atoms with Crippen LogP contribution in [0.2, 0.25) is 0 Å². The molecule has 0 N–H and O–H groups in total. The van der Waals surface area contributed by atoms with E-state index in [1.165, 1.54) is 18.6 Å². The highest BCUT2D eigenvalue weighted by molar-refractivity contribution is 7.99. The Morgan fingerprint density at radius 2 is 2.22 bits per heavy atom. The highest BCUT2D eigenvalue weighted by Crippen LogP contribution is 2.14. The largest absolute Gasteiger partial charge is 0.159 e. The van der Waals surface area contributed by atoms with Crippen LogP contribution in [0.3, 0.4) is 0 Å². The highest BCUT2D eigenvalue weighted by atomic mass is 32.2. The van der Waals surface area contributed by atoms with E-state index in [1.807, 2.05) is 11.8 Å². The van der Waals surface area contributed by atoms with Crippen LogP contribution in [0.5, 0.6) is 0 Å². The third-order valence-electron chi connectivity index (χ3n) is 1.31. The summed E-state index contributed by atoms with van der Waals surface area (Å²) in [6.45, 7) is 8.32. The molecule has 0 rings (SSSR count). The van der Waals surface area contributed by atoms with E-state index in [0.29, 0.717) is 0 Å². The zero-order valence-corrected chi connectivity index (χ0v) is 7.34. The van der Waals surface area contributed by atoms with Gasteiger partial charge in [-0.25, -0.2) is 0 Å². The summed E-state index contributed by atoms with van der Waals surface area (Å²) < 4.78 is 0. The zero-order chi connectivity index (χ0) is 7.11. The number of thioether (sulfide) groups is 1. The molecule has 1 radical (unpaired) electrons. The Balaban J connectivity index is 2.88. The highest BCUT2D eigenvalue weighted by Gasteiger charge is 1.96. The molecule has 0 nitrogen and oxygen atoms in total. The van der Waals surface area contributed by atoms with Gasteiger partial charge in [-0.3, -0.25) is 0 Å². The third kappa shape index (κ3) is 6.23. The molecular formula is C8H17S. The average Bonchev–Trinajstić information content (AvgIpc) is 1.89. The average molecular weight is 145 g/mol. The molecule has 0 aromatic rings. The van der Waals surface area contributed by atoms with E-state index in [-0.39, 0.29) is 0 Å². The maximum atomic E-state index is 3.84. The monoisotopic (exact) mass is 145 g/mol. The van der Waals surface area contributed by atoms with Crippen LogP contribution in [0.15, 0.2) is 0 Å². The second-order valence-electron chi connectivity index (χ2n) is 2.32. The predicted molar refractivity (Wildman–Crippen MR) is 46.8 cm³/mol. The quantitative estimate of drug-likeness (QED) is 0.536. The van der Waals surface area contributed by atoms with Crippen LogP contribution < -0.4 is 0 Å². The van der Waals surface area contributed by atoms with E-state index in [4.69, 9.17) is 0 Å². The molecule has 0 fully saturated rings. The fraction of sp³-hybridized carbons (Fsp3) is 0.875. The lowest BCUT2D eigenvalue weighted by Gasteiger charge is -2.05. The number of hydrogen-bond donors (Lipinski definition) is 0. The van der Waals surface area contributed by atoms with Crippen LogP contribution >= 0.6 is 11.8 Å². The predicted octanol–water partition coefficient (Wildman–Crippen LogP) is 3.13. The molecule has 0 bridgehead atoms. The SMILES string of the molecule is [CH2]CC(C)SCCCC. The van der Waals surface area contributed by atoms with E-state index in [0.717, 1.165) is 11.7 Å². The lowest BCUT2D eigenvalue weighted by Crippen LogP contribution is -1.93. The lowest BCUT2D eigenvalue weighted by molar-refractivity contribution is 0.887. The van der Waals surface area contributed by atoms with Crippen LogP contribution in [0.1, 0.15) is 33.1 Å². The van der Waals surface area contributed by atoms with Gasteiger partial charge in [-0.1, -0.05) is 27.2 Å². The molecule has 1 atom stereocenters. The third-order valence-corrected chi connectivity index (χ3v) is 2.64. The van der Waals surface area contributed by atoms with Crippen molar-refractivity contribution in [3.05, 3.63) is 6.92 Å². The second-order valence-corrected chi connectivity index (χ2v) is 3.87. The van der Waals surface area contributed by atoms with Gasteiger partial charge in [0, 0.05) is 5.25 Å². The molecule has 0 spiro atoms. The van der Waals surface area contributed by atoms with Gasteiger partial charge >= 0.3 is 0 Å². The molecule has 0 amide bonds. The maximum Gasteiger partial charge on any atom is 0.00187 e. The number of hydrogen-bond acceptors (Lipinski definition) is 1. The van der Waals surface area contributed by atoms with Crippen molar-refractivity contribution in [2.24, 2.45) is 0 Å². The Morgan fingerprint density at radius 1 is 1.56 bits per heavy atom. The fourth-order valence-electron chi connectivity index (χ4n) is 0.512. The molecule has 1 heteroatoms. The normalized spacial score (nSPS) is 13.7. The number of unbranched alkanes of at least 4 members (excludes halogenated alkanes) is 1. The number of rotatable bonds is 5. The van der Waals surface area contributed by atoms with Crippen molar-refractivity contribution in [1.29, 1.82) is 0 Å². The Hall–Kier alpha value is 0.350. The summed E-state index contributed by atoms with van der Waals surface area (Å²) >= 11 is 2.04. The van der Waals surface area contributed by atoms with Gasteiger partial charge in [-0.2, -0.15) is 11.8 Å². The maximum absolute atomic E-state index is 3.84. The van der Waals surface area contributed by atoms with Crippen LogP contribution in [-0.2, 0) is 0 Å². The summed E-state index contributed by atoms with van der Waals surface area (Å²) in [7, 11) is 0. The zero-order valence-electron chi connectivity index (χ0n) is 6.52. The van der Waals surface area contributed by atoms with Crippen LogP contribution in [0.25, 0.3) is 0 Å². The first kappa shape index (κ1) is 9.35. The molecule has 0 heterocycles. The first-order valence-corrected chi connectivity index (χ1v) is 4.77. The molecule has 0 aliphatic carbocycles. The Morgan fingerprint density at radius 3 is 2.67 bits per heavy atom. The molecule has 55 valence electrons. The summed E-state index contributed by atoms with van der Waals surface area (Å²) in [6, 6.07) is 0. The first-order valence-electron chi connectivity index (χ1n) is 3.72. The Kier molecular flexibility index (Phi) is 6.72. The van der Waals surface area contributed by atoms with Crippen LogP contribution in [-0.4, -0.2) is 11.0 Å². The van der Waals surface area contributed by atoms with E-state index in [2.05, 4.69) is 20.8 Å². The van der Waals surface area contributed by atoms with Crippen LogP contribution in [0.4, 0.5) is 0 Å². The van der Waals surface area contributed by atoms with Gasteiger partial charge in [0.2, 0.25) is 0 Å².